The minimum atomic E-state index is -0.336. The Morgan fingerprint density at radius 1 is 1.35 bits per heavy atom. The van der Waals surface area contributed by atoms with E-state index in [4.69, 9.17) is 4.74 Å². The summed E-state index contributed by atoms with van der Waals surface area (Å²) in [6.45, 7) is -0.148. The lowest BCUT2D eigenvalue weighted by molar-refractivity contribution is 0.281. The van der Waals surface area contributed by atoms with Gasteiger partial charge >= 0.3 is 0 Å². The third-order valence-corrected chi connectivity index (χ3v) is 2.48. The van der Waals surface area contributed by atoms with Crippen LogP contribution in [-0.4, -0.2) is 17.2 Å². The van der Waals surface area contributed by atoms with Gasteiger partial charge in [-0.3, -0.25) is 0 Å². The summed E-state index contributed by atoms with van der Waals surface area (Å²) in [5.41, 5.74) is 1.92. The number of benzene rings is 1. The normalized spacial score (nSPS) is 10.3. The Balaban J connectivity index is 2.64. The first-order valence-corrected chi connectivity index (χ1v) is 5.15. The lowest BCUT2D eigenvalue weighted by atomic mass is 10.0. The molecule has 2 aromatic rings. The van der Waals surface area contributed by atoms with Crippen LogP contribution in [0.5, 0.6) is 5.88 Å². The fraction of sp³-hybridized carbons (Fsp3) is 0.154. The van der Waals surface area contributed by atoms with Crippen LogP contribution in [-0.2, 0) is 6.61 Å². The Morgan fingerprint density at radius 3 is 2.82 bits per heavy atom. The number of aromatic nitrogens is 1. The Morgan fingerprint density at radius 2 is 2.18 bits per heavy atom. The molecule has 0 aliphatic rings. The SMILES string of the molecule is COc1nccc(CO)c1-c1cccc(F)c1. The highest BCUT2D eigenvalue weighted by molar-refractivity contribution is 5.72. The maximum atomic E-state index is 13.2. The second kappa shape index (κ2) is 4.93. The van der Waals surface area contributed by atoms with Crippen LogP contribution >= 0.6 is 0 Å². The molecule has 1 aromatic carbocycles. The fourth-order valence-electron chi connectivity index (χ4n) is 1.72. The van der Waals surface area contributed by atoms with E-state index in [9.17, 15) is 9.50 Å². The summed E-state index contributed by atoms with van der Waals surface area (Å²) >= 11 is 0. The summed E-state index contributed by atoms with van der Waals surface area (Å²) in [6, 6.07) is 7.80. The highest BCUT2D eigenvalue weighted by Crippen LogP contribution is 2.31. The Hall–Kier alpha value is -1.94. The van der Waals surface area contributed by atoms with Gasteiger partial charge in [-0.1, -0.05) is 12.1 Å². The molecule has 0 saturated carbocycles. The highest BCUT2D eigenvalue weighted by Gasteiger charge is 2.12. The predicted molar refractivity (Wildman–Crippen MR) is 62.1 cm³/mol. The van der Waals surface area contributed by atoms with Gasteiger partial charge in [-0.15, -0.1) is 0 Å². The van der Waals surface area contributed by atoms with E-state index in [-0.39, 0.29) is 12.4 Å². The maximum absolute atomic E-state index is 13.2. The Kier molecular flexibility index (Phi) is 3.35. The molecule has 1 N–H and O–H groups in total. The highest BCUT2D eigenvalue weighted by atomic mass is 19.1. The Bertz CT molecular complexity index is 506. The van der Waals surface area contributed by atoms with Crippen molar-refractivity contribution in [2.75, 3.05) is 7.11 Å². The van der Waals surface area contributed by atoms with Gasteiger partial charge in [-0.05, 0) is 29.3 Å². The van der Waals surface area contributed by atoms with Crippen LogP contribution in [0.15, 0.2) is 36.5 Å². The van der Waals surface area contributed by atoms with Crippen molar-refractivity contribution >= 4 is 0 Å². The summed E-state index contributed by atoms with van der Waals surface area (Å²) in [5, 5.41) is 9.29. The molecule has 0 amide bonds. The van der Waals surface area contributed by atoms with E-state index in [1.165, 1.54) is 19.2 Å². The van der Waals surface area contributed by atoms with Crippen molar-refractivity contribution in [1.82, 2.24) is 4.98 Å². The smallest absolute Gasteiger partial charge is 0.221 e. The molecule has 0 bridgehead atoms. The summed E-state index contributed by atoms with van der Waals surface area (Å²) < 4.78 is 18.3. The third kappa shape index (κ3) is 2.26. The number of methoxy groups -OCH3 is 1. The van der Waals surface area contributed by atoms with E-state index < -0.39 is 0 Å². The van der Waals surface area contributed by atoms with Gasteiger partial charge in [0, 0.05) is 11.8 Å². The van der Waals surface area contributed by atoms with Crippen molar-refractivity contribution in [2.45, 2.75) is 6.61 Å². The average molecular weight is 233 g/mol. The van der Waals surface area contributed by atoms with Crippen molar-refractivity contribution in [3.8, 4) is 17.0 Å². The number of pyridine rings is 1. The molecule has 0 radical (unpaired) electrons. The monoisotopic (exact) mass is 233 g/mol. The standard InChI is InChI=1S/C13H12FNO2/c1-17-13-12(10(8-16)5-6-15-13)9-3-2-4-11(14)7-9/h2-7,16H,8H2,1H3. The molecule has 0 aliphatic carbocycles. The number of halogens is 1. The van der Waals surface area contributed by atoms with Crippen LogP contribution < -0.4 is 4.74 Å². The predicted octanol–water partition coefficient (Wildman–Crippen LogP) is 2.39. The first-order chi connectivity index (χ1) is 8.26. The molecule has 17 heavy (non-hydrogen) atoms. The molecule has 0 saturated heterocycles. The van der Waals surface area contributed by atoms with Gasteiger partial charge in [0.2, 0.25) is 5.88 Å². The van der Waals surface area contributed by atoms with Crippen molar-refractivity contribution in [2.24, 2.45) is 0 Å². The average Bonchev–Trinajstić information content (AvgIpc) is 2.37. The minimum absolute atomic E-state index is 0.148. The van der Waals surface area contributed by atoms with Crippen molar-refractivity contribution < 1.29 is 14.2 Å². The zero-order chi connectivity index (χ0) is 12.3. The largest absolute Gasteiger partial charge is 0.481 e. The van der Waals surface area contributed by atoms with E-state index in [0.717, 1.165) is 0 Å². The number of aliphatic hydroxyl groups is 1. The van der Waals surface area contributed by atoms with Gasteiger partial charge in [-0.2, -0.15) is 0 Å². The van der Waals surface area contributed by atoms with Gasteiger partial charge in [0.05, 0.1) is 13.7 Å². The molecule has 1 aromatic heterocycles. The molecular formula is C13H12FNO2. The van der Waals surface area contributed by atoms with Crippen LogP contribution in [0, 0.1) is 5.82 Å². The van der Waals surface area contributed by atoms with Gasteiger partial charge in [0.1, 0.15) is 5.82 Å². The molecule has 4 heteroatoms. The number of hydrogen-bond donors (Lipinski definition) is 1. The molecule has 0 unspecified atom stereocenters. The molecule has 88 valence electrons. The molecule has 0 fully saturated rings. The van der Waals surface area contributed by atoms with Gasteiger partial charge < -0.3 is 9.84 Å². The molecule has 1 heterocycles. The number of aliphatic hydroxyl groups excluding tert-OH is 1. The summed E-state index contributed by atoms with van der Waals surface area (Å²) in [5.74, 6) is 0.0412. The second-order valence-corrected chi connectivity index (χ2v) is 3.52. The second-order valence-electron chi connectivity index (χ2n) is 3.52. The van der Waals surface area contributed by atoms with Crippen molar-refractivity contribution in [3.63, 3.8) is 0 Å². The van der Waals surface area contributed by atoms with E-state index in [0.29, 0.717) is 22.6 Å². The van der Waals surface area contributed by atoms with Crippen molar-refractivity contribution in [1.29, 1.82) is 0 Å². The van der Waals surface area contributed by atoms with E-state index >= 15 is 0 Å². The Labute approximate surface area is 98.5 Å². The lowest BCUT2D eigenvalue weighted by Crippen LogP contribution is -1.97. The summed E-state index contributed by atoms with van der Waals surface area (Å²) in [6.07, 6.45) is 1.55. The van der Waals surface area contributed by atoms with Crippen LogP contribution in [0.25, 0.3) is 11.1 Å². The number of rotatable bonds is 3. The number of ether oxygens (including phenoxy) is 1. The number of hydrogen-bond acceptors (Lipinski definition) is 3. The first-order valence-electron chi connectivity index (χ1n) is 5.15. The topological polar surface area (TPSA) is 42.4 Å². The van der Waals surface area contributed by atoms with Crippen LogP contribution in [0.3, 0.4) is 0 Å². The van der Waals surface area contributed by atoms with E-state index in [1.807, 2.05) is 0 Å². The van der Waals surface area contributed by atoms with Crippen LogP contribution in [0.2, 0.25) is 0 Å². The molecule has 0 atom stereocenters. The lowest BCUT2D eigenvalue weighted by Gasteiger charge is -2.11. The maximum Gasteiger partial charge on any atom is 0.221 e. The molecule has 0 spiro atoms. The van der Waals surface area contributed by atoms with Crippen LogP contribution in [0.4, 0.5) is 4.39 Å². The first kappa shape index (κ1) is 11.5. The molecule has 2 rings (SSSR count). The molecule has 3 nitrogen and oxygen atoms in total. The molecular weight excluding hydrogens is 221 g/mol. The van der Waals surface area contributed by atoms with Gasteiger partial charge in [0.15, 0.2) is 0 Å². The quantitative estimate of drug-likeness (QED) is 0.885. The summed E-state index contributed by atoms with van der Waals surface area (Å²) in [4.78, 5) is 4.06. The van der Waals surface area contributed by atoms with Crippen molar-refractivity contribution in [3.05, 3.63) is 47.9 Å². The van der Waals surface area contributed by atoms with Gasteiger partial charge in [-0.25, -0.2) is 9.37 Å². The minimum Gasteiger partial charge on any atom is -0.481 e. The fourth-order valence-corrected chi connectivity index (χ4v) is 1.72. The zero-order valence-electron chi connectivity index (χ0n) is 9.35. The van der Waals surface area contributed by atoms with E-state index in [2.05, 4.69) is 4.98 Å². The zero-order valence-corrected chi connectivity index (χ0v) is 9.35. The molecule has 0 aliphatic heterocycles. The summed E-state index contributed by atoms with van der Waals surface area (Å²) in [7, 11) is 1.49. The number of nitrogens with zero attached hydrogens (tertiary/aromatic N) is 1. The van der Waals surface area contributed by atoms with Gasteiger partial charge in [0.25, 0.3) is 0 Å². The van der Waals surface area contributed by atoms with E-state index in [1.54, 1.807) is 24.4 Å². The van der Waals surface area contributed by atoms with Crippen LogP contribution in [0.1, 0.15) is 5.56 Å². The third-order valence-electron chi connectivity index (χ3n) is 2.48.